The minimum absolute atomic E-state index is 0.427. The highest BCUT2D eigenvalue weighted by Gasteiger charge is 2.30. The van der Waals surface area contributed by atoms with E-state index in [2.05, 4.69) is 128 Å². The normalized spacial score (nSPS) is 11.5. The molecule has 0 N–H and O–H groups in total. The van der Waals surface area contributed by atoms with E-state index in [1.165, 1.54) is 0 Å². The molecule has 3 aromatic heterocycles. The van der Waals surface area contributed by atoms with Gasteiger partial charge in [0.05, 0.1) is 17.1 Å². The van der Waals surface area contributed by atoms with E-state index in [1.54, 1.807) is 0 Å². The van der Waals surface area contributed by atoms with E-state index in [1.807, 2.05) is 18.2 Å². The van der Waals surface area contributed by atoms with Crippen LogP contribution in [0.25, 0.3) is 33.4 Å². The summed E-state index contributed by atoms with van der Waals surface area (Å²) >= 11 is 0. The predicted octanol–water partition coefficient (Wildman–Crippen LogP) is 7.68. The third-order valence-electron chi connectivity index (χ3n) is 7.82. The molecule has 0 aliphatic carbocycles. The highest BCUT2D eigenvalue weighted by Crippen LogP contribution is 2.35. The van der Waals surface area contributed by atoms with Crippen LogP contribution in [0.15, 0.2) is 91.0 Å². The van der Waals surface area contributed by atoms with E-state index in [0.717, 1.165) is 67.5 Å². The molecule has 6 heteroatoms. The molecular formula is C34H34N6. The molecular weight excluding hydrogens is 492 g/mol. The summed E-state index contributed by atoms with van der Waals surface area (Å²) in [6, 6.07) is 31.4. The maximum absolute atomic E-state index is 5.14. The van der Waals surface area contributed by atoms with Gasteiger partial charge in [0.25, 0.3) is 0 Å². The van der Waals surface area contributed by atoms with E-state index in [9.17, 15) is 0 Å². The van der Waals surface area contributed by atoms with Gasteiger partial charge in [-0.2, -0.15) is 15.3 Å². The Hall–Kier alpha value is -4.71. The van der Waals surface area contributed by atoms with Gasteiger partial charge in [0.2, 0.25) is 6.29 Å². The van der Waals surface area contributed by atoms with Crippen molar-refractivity contribution < 1.29 is 0 Å². The van der Waals surface area contributed by atoms with Gasteiger partial charge in [-0.3, -0.25) is 0 Å². The molecule has 0 spiro atoms. The van der Waals surface area contributed by atoms with Gasteiger partial charge >= 0.3 is 0 Å². The molecule has 6 rings (SSSR count). The zero-order valence-electron chi connectivity index (χ0n) is 23.9. The Morgan fingerprint density at radius 2 is 0.650 bits per heavy atom. The third kappa shape index (κ3) is 4.16. The number of rotatable bonds is 6. The van der Waals surface area contributed by atoms with Gasteiger partial charge in [0, 0.05) is 33.8 Å². The molecule has 0 bridgehead atoms. The Bertz CT molecular complexity index is 1580. The minimum atomic E-state index is -0.427. The average molecular weight is 527 g/mol. The van der Waals surface area contributed by atoms with Crippen molar-refractivity contribution >= 4 is 0 Å². The summed E-state index contributed by atoms with van der Waals surface area (Å²) in [6.07, 6.45) is -0.427. The third-order valence-corrected chi connectivity index (χ3v) is 7.82. The van der Waals surface area contributed by atoms with Crippen LogP contribution in [0, 0.1) is 41.5 Å². The molecule has 3 heterocycles. The van der Waals surface area contributed by atoms with Crippen LogP contribution in [0.1, 0.15) is 40.5 Å². The molecule has 0 aliphatic heterocycles. The van der Waals surface area contributed by atoms with Gasteiger partial charge in [-0.05, 0) is 58.2 Å². The number of hydrogen-bond acceptors (Lipinski definition) is 3. The van der Waals surface area contributed by atoms with Crippen LogP contribution in [-0.4, -0.2) is 29.3 Å². The standard InChI is InChI=1S/C34H34N6/c1-22-31(28-16-10-7-11-17-28)25(4)38(35-22)34(39-26(5)32(23(2)36-39)29-18-12-8-13-19-29)40-27(6)33(24(3)37-40)30-20-14-9-15-21-30/h7-21,34H,1-6H3. The van der Waals surface area contributed by atoms with Gasteiger partial charge in [-0.15, -0.1) is 0 Å². The summed E-state index contributed by atoms with van der Waals surface area (Å²) in [5.74, 6) is 0. The van der Waals surface area contributed by atoms with Crippen LogP contribution < -0.4 is 0 Å². The van der Waals surface area contributed by atoms with Crippen molar-refractivity contribution in [3.05, 3.63) is 125 Å². The van der Waals surface area contributed by atoms with E-state index in [4.69, 9.17) is 15.3 Å². The zero-order valence-corrected chi connectivity index (χ0v) is 23.9. The second kappa shape index (κ2) is 10.1. The second-order valence-electron chi connectivity index (χ2n) is 10.4. The molecule has 0 unspecified atom stereocenters. The number of nitrogens with zero attached hydrogens (tertiary/aromatic N) is 6. The van der Waals surface area contributed by atoms with Gasteiger partial charge < -0.3 is 0 Å². The first kappa shape index (κ1) is 25.6. The maximum Gasteiger partial charge on any atom is 0.238 e. The fourth-order valence-electron chi connectivity index (χ4n) is 6.04. The molecule has 40 heavy (non-hydrogen) atoms. The predicted molar refractivity (Wildman–Crippen MR) is 161 cm³/mol. The first-order valence-corrected chi connectivity index (χ1v) is 13.7. The molecule has 3 aromatic carbocycles. The quantitative estimate of drug-likeness (QED) is 0.224. The molecule has 0 saturated carbocycles. The lowest BCUT2D eigenvalue weighted by Crippen LogP contribution is -2.31. The van der Waals surface area contributed by atoms with Gasteiger partial charge in [-0.1, -0.05) is 91.0 Å². The van der Waals surface area contributed by atoms with Gasteiger partial charge in [-0.25, -0.2) is 14.0 Å². The monoisotopic (exact) mass is 526 g/mol. The van der Waals surface area contributed by atoms with E-state index in [-0.39, 0.29) is 0 Å². The van der Waals surface area contributed by atoms with Crippen LogP contribution in [0.4, 0.5) is 0 Å². The first-order chi connectivity index (χ1) is 19.4. The van der Waals surface area contributed by atoms with Gasteiger partial charge in [0.1, 0.15) is 0 Å². The van der Waals surface area contributed by atoms with Crippen molar-refractivity contribution in [3.63, 3.8) is 0 Å². The van der Waals surface area contributed by atoms with E-state index < -0.39 is 6.29 Å². The molecule has 6 aromatic rings. The lowest BCUT2D eigenvalue weighted by atomic mass is 10.0. The zero-order chi connectivity index (χ0) is 28.0. The highest BCUT2D eigenvalue weighted by molar-refractivity contribution is 5.70. The Kier molecular flexibility index (Phi) is 6.46. The summed E-state index contributed by atoms with van der Waals surface area (Å²) in [7, 11) is 0. The molecule has 200 valence electrons. The molecule has 0 atom stereocenters. The molecule has 6 nitrogen and oxygen atoms in total. The van der Waals surface area contributed by atoms with Crippen LogP contribution in [0.2, 0.25) is 0 Å². The van der Waals surface area contributed by atoms with Crippen molar-refractivity contribution in [1.29, 1.82) is 0 Å². The highest BCUT2D eigenvalue weighted by atomic mass is 15.6. The van der Waals surface area contributed by atoms with Crippen molar-refractivity contribution in [2.45, 2.75) is 47.8 Å². The lowest BCUT2D eigenvalue weighted by Gasteiger charge is -2.24. The fraction of sp³-hybridized carbons (Fsp3) is 0.206. The smallest absolute Gasteiger partial charge is 0.224 e. The topological polar surface area (TPSA) is 53.5 Å². The van der Waals surface area contributed by atoms with Crippen molar-refractivity contribution in [2.75, 3.05) is 0 Å². The van der Waals surface area contributed by atoms with E-state index >= 15 is 0 Å². The molecule has 0 aliphatic rings. The van der Waals surface area contributed by atoms with Crippen LogP contribution in [0.5, 0.6) is 0 Å². The summed E-state index contributed by atoms with van der Waals surface area (Å²) in [4.78, 5) is 0. The number of benzene rings is 3. The Balaban J connectivity index is 1.62. The SMILES string of the molecule is Cc1nn(C(n2nc(C)c(-c3ccccc3)c2C)n2nc(C)c(-c3ccccc3)c2C)c(C)c1-c1ccccc1. The molecule has 0 radical (unpaired) electrons. The van der Waals surface area contributed by atoms with Crippen molar-refractivity contribution in [1.82, 2.24) is 29.3 Å². The minimum Gasteiger partial charge on any atom is -0.224 e. The largest absolute Gasteiger partial charge is 0.238 e. The number of aryl methyl sites for hydroxylation is 3. The summed E-state index contributed by atoms with van der Waals surface area (Å²) in [6.45, 7) is 12.7. The summed E-state index contributed by atoms with van der Waals surface area (Å²) in [5.41, 5.74) is 13.0. The average Bonchev–Trinajstić information content (AvgIpc) is 3.54. The number of aromatic nitrogens is 6. The number of hydrogen-bond donors (Lipinski definition) is 0. The maximum atomic E-state index is 5.14. The molecule has 0 fully saturated rings. The van der Waals surface area contributed by atoms with Crippen LogP contribution in [0.3, 0.4) is 0 Å². The Morgan fingerprint density at radius 1 is 0.400 bits per heavy atom. The van der Waals surface area contributed by atoms with Crippen molar-refractivity contribution in [2.24, 2.45) is 0 Å². The summed E-state index contributed by atoms with van der Waals surface area (Å²) < 4.78 is 6.25. The van der Waals surface area contributed by atoms with E-state index in [0.29, 0.717) is 0 Å². The van der Waals surface area contributed by atoms with Gasteiger partial charge in [0.15, 0.2) is 0 Å². The molecule has 0 amide bonds. The lowest BCUT2D eigenvalue weighted by molar-refractivity contribution is 0.269. The van der Waals surface area contributed by atoms with Crippen LogP contribution in [-0.2, 0) is 0 Å². The second-order valence-corrected chi connectivity index (χ2v) is 10.4. The fourth-order valence-corrected chi connectivity index (χ4v) is 6.04. The van der Waals surface area contributed by atoms with Crippen LogP contribution >= 0.6 is 0 Å². The summed E-state index contributed by atoms with van der Waals surface area (Å²) in [5, 5.41) is 15.4. The van der Waals surface area contributed by atoms with Crippen molar-refractivity contribution in [3.8, 4) is 33.4 Å². The molecule has 0 saturated heterocycles. The first-order valence-electron chi connectivity index (χ1n) is 13.7. The Morgan fingerprint density at radius 3 is 0.900 bits per heavy atom. The Labute approximate surface area is 235 Å².